The van der Waals surface area contributed by atoms with Crippen molar-refractivity contribution in [3.05, 3.63) is 70.5 Å². The average molecular weight is 329 g/mol. The molecule has 0 aliphatic rings. The highest BCUT2D eigenvalue weighted by atomic mass is 19.1. The zero-order chi connectivity index (χ0) is 17.5. The van der Waals surface area contributed by atoms with Gasteiger partial charge in [-0.3, -0.25) is 4.79 Å². The molecule has 2 aromatic rings. The maximum Gasteiger partial charge on any atom is 0.251 e. The molecule has 0 aliphatic carbocycles. The molecule has 2 N–H and O–H groups in total. The minimum atomic E-state index is -0.356. The lowest BCUT2D eigenvalue weighted by Crippen LogP contribution is -3.10. The van der Waals surface area contributed by atoms with Crippen LogP contribution in [-0.4, -0.2) is 19.0 Å². The van der Waals surface area contributed by atoms with Gasteiger partial charge in [-0.25, -0.2) is 4.39 Å². The summed E-state index contributed by atoms with van der Waals surface area (Å²) in [7, 11) is 0. The molecule has 4 heteroatoms. The predicted octanol–water partition coefficient (Wildman–Crippen LogP) is 2.49. The van der Waals surface area contributed by atoms with Gasteiger partial charge in [0.25, 0.3) is 5.91 Å². The third kappa shape index (κ3) is 4.90. The van der Waals surface area contributed by atoms with Crippen LogP contribution < -0.4 is 10.2 Å². The van der Waals surface area contributed by atoms with E-state index in [1.165, 1.54) is 16.5 Å². The second kappa shape index (κ2) is 8.60. The molecule has 2 rings (SSSR count). The summed E-state index contributed by atoms with van der Waals surface area (Å²) < 4.78 is 13.5. The van der Waals surface area contributed by atoms with E-state index in [-0.39, 0.29) is 11.7 Å². The van der Waals surface area contributed by atoms with Crippen LogP contribution >= 0.6 is 0 Å². The Bertz CT molecular complexity index is 679. The van der Waals surface area contributed by atoms with E-state index in [4.69, 9.17) is 0 Å². The zero-order valence-electron chi connectivity index (χ0n) is 14.7. The van der Waals surface area contributed by atoms with Gasteiger partial charge in [0.05, 0.1) is 13.1 Å². The minimum Gasteiger partial charge on any atom is -0.348 e. The van der Waals surface area contributed by atoms with Crippen LogP contribution in [0.3, 0.4) is 0 Å². The van der Waals surface area contributed by atoms with E-state index in [0.29, 0.717) is 17.7 Å². The SMILES string of the molecule is CC[NH+](CC)Cc1ccc(CNC(=O)c2ccc(C)c(F)c2)cc1. The Labute approximate surface area is 143 Å². The van der Waals surface area contributed by atoms with E-state index < -0.39 is 0 Å². The van der Waals surface area contributed by atoms with Gasteiger partial charge in [-0.15, -0.1) is 0 Å². The summed E-state index contributed by atoms with van der Waals surface area (Å²) in [6.07, 6.45) is 0. The number of rotatable bonds is 7. The summed E-state index contributed by atoms with van der Waals surface area (Å²) in [5.74, 6) is -0.614. The first-order valence-corrected chi connectivity index (χ1v) is 8.49. The molecule has 0 unspecified atom stereocenters. The lowest BCUT2D eigenvalue weighted by atomic mass is 10.1. The Morgan fingerprint density at radius 3 is 2.25 bits per heavy atom. The van der Waals surface area contributed by atoms with Crippen molar-refractivity contribution in [3.63, 3.8) is 0 Å². The van der Waals surface area contributed by atoms with E-state index in [2.05, 4.69) is 31.3 Å². The topological polar surface area (TPSA) is 33.5 Å². The van der Waals surface area contributed by atoms with Gasteiger partial charge in [0.2, 0.25) is 0 Å². The molecule has 0 saturated carbocycles. The smallest absolute Gasteiger partial charge is 0.251 e. The fourth-order valence-electron chi connectivity index (χ4n) is 2.58. The predicted molar refractivity (Wildman–Crippen MR) is 94.5 cm³/mol. The number of benzene rings is 2. The second-order valence-electron chi connectivity index (χ2n) is 6.10. The van der Waals surface area contributed by atoms with Gasteiger partial charge < -0.3 is 10.2 Å². The highest BCUT2D eigenvalue weighted by molar-refractivity contribution is 5.94. The number of hydrogen-bond acceptors (Lipinski definition) is 1. The highest BCUT2D eigenvalue weighted by Gasteiger charge is 2.08. The minimum absolute atomic E-state index is 0.259. The molecular formula is C20H26FN2O+. The zero-order valence-corrected chi connectivity index (χ0v) is 14.7. The summed E-state index contributed by atoms with van der Waals surface area (Å²) >= 11 is 0. The fraction of sp³-hybridized carbons (Fsp3) is 0.350. The summed E-state index contributed by atoms with van der Waals surface area (Å²) in [5.41, 5.74) is 3.22. The van der Waals surface area contributed by atoms with E-state index in [0.717, 1.165) is 25.2 Å². The molecular weight excluding hydrogens is 303 g/mol. The van der Waals surface area contributed by atoms with Crippen LogP contribution in [0.4, 0.5) is 4.39 Å². The first kappa shape index (κ1) is 18.1. The quantitative estimate of drug-likeness (QED) is 0.804. The van der Waals surface area contributed by atoms with Crippen LogP contribution in [0.2, 0.25) is 0 Å². The molecule has 0 heterocycles. The van der Waals surface area contributed by atoms with Gasteiger partial charge in [0.1, 0.15) is 12.4 Å². The van der Waals surface area contributed by atoms with Crippen molar-refractivity contribution in [3.8, 4) is 0 Å². The van der Waals surface area contributed by atoms with Crippen LogP contribution in [-0.2, 0) is 13.1 Å². The van der Waals surface area contributed by atoms with E-state index in [9.17, 15) is 9.18 Å². The molecule has 128 valence electrons. The number of amides is 1. The Balaban J connectivity index is 1.91. The number of halogens is 1. The highest BCUT2D eigenvalue weighted by Crippen LogP contribution is 2.09. The normalized spacial score (nSPS) is 10.9. The van der Waals surface area contributed by atoms with Gasteiger partial charge in [0, 0.05) is 17.7 Å². The third-order valence-electron chi connectivity index (χ3n) is 4.36. The average Bonchev–Trinajstić information content (AvgIpc) is 2.61. The Hall–Kier alpha value is -2.20. The summed E-state index contributed by atoms with van der Waals surface area (Å²) in [6, 6.07) is 12.8. The van der Waals surface area contributed by atoms with Gasteiger partial charge >= 0.3 is 0 Å². The van der Waals surface area contributed by atoms with Crippen molar-refractivity contribution in [2.75, 3.05) is 13.1 Å². The van der Waals surface area contributed by atoms with Crippen LogP contribution in [0.25, 0.3) is 0 Å². The molecule has 0 radical (unpaired) electrons. The van der Waals surface area contributed by atoms with Gasteiger partial charge in [-0.1, -0.05) is 30.3 Å². The molecule has 0 aromatic heterocycles. The van der Waals surface area contributed by atoms with Crippen LogP contribution in [0.1, 0.15) is 40.9 Å². The largest absolute Gasteiger partial charge is 0.348 e. The first-order chi connectivity index (χ1) is 11.5. The standard InChI is InChI=1S/C20H25FN2O/c1-4-23(5-2)14-17-9-7-16(8-10-17)13-22-20(24)18-11-6-15(3)19(21)12-18/h6-12H,4-5,13-14H2,1-3H3,(H,22,24)/p+1. The van der Waals surface area contributed by atoms with Crippen LogP contribution in [0.5, 0.6) is 0 Å². The first-order valence-electron chi connectivity index (χ1n) is 8.49. The number of aryl methyl sites for hydroxylation is 1. The molecule has 0 fully saturated rings. The van der Waals surface area contributed by atoms with E-state index in [1.807, 2.05) is 12.1 Å². The van der Waals surface area contributed by atoms with Gasteiger partial charge in [0.15, 0.2) is 0 Å². The van der Waals surface area contributed by atoms with E-state index in [1.54, 1.807) is 19.1 Å². The van der Waals surface area contributed by atoms with Crippen molar-refractivity contribution in [1.29, 1.82) is 0 Å². The third-order valence-corrected chi connectivity index (χ3v) is 4.36. The summed E-state index contributed by atoms with van der Waals surface area (Å²) in [4.78, 5) is 13.6. The number of carbonyl (C=O) groups excluding carboxylic acids is 1. The van der Waals surface area contributed by atoms with Crippen molar-refractivity contribution in [2.45, 2.75) is 33.9 Å². The maximum absolute atomic E-state index is 13.5. The molecule has 1 amide bonds. The van der Waals surface area contributed by atoms with Crippen LogP contribution in [0, 0.1) is 12.7 Å². The summed E-state index contributed by atoms with van der Waals surface area (Å²) in [5, 5.41) is 2.83. The molecule has 24 heavy (non-hydrogen) atoms. The Morgan fingerprint density at radius 2 is 1.67 bits per heavy atom. The summed E-state index contributed by atoms with van der Waals surface area (Å²) in [6.45, 7) is 9.74. The van der Waals surface area contributed by atoms with Gasteiger partial charge in [-0.2, -0.15) is 0 Å². The molecule has 0 bridgehead atoms. The number of quaternary nitrogens is 1. The van der Waals surface area contributed by atoms with Crippen molar-refractivity contribution in [1.82, 2.24) is 5.32 Å². The Kier molecular flexibility index (Phi) is 6.50. The van der Waals surface area contributed by atoms with E-state index >= 15 is 0 Å². The van der Waals surface area contributed by atoms with Crippen molar-refractivity contribution in [2.24, 2.45) is 0 Å². The molecule has 0 aliphatic heterocycles. The molecule has 2 aromatic carbocycles. The van der Waals surface area contributed by atoms with Crippen molar-refractivity contribution >= 4 is 5.91 Å². The molecule has 0 saturated heterocycles. The lowest BCUT2D eigenvalue weighted by molar-refractivity contribution is -0.910. The lowest BCUT2D eigenvalue weighted by Gasteiger charge is -2.15. The molecule has 0 spiro atoms. The Morgan fingerprint density at radius 1 is 1.04 bits per heavy atom. The fourth-order valence-corrected chi connectivity index (χ4v) is 2.58. The number of hydrogen-bond donors (Lipinski definition) is 2. The molecule has 0 atom stereocenters. The maximum atomic E-state index is 13.5. The molecule has 3 nitrogen and oxygen atoms in total. The monoisotopic (exact) mass is 329 g/mol. The number of carbonyl (C=O) groups is 1. The van der Waals surface area contributed by atoms with Crippen molar-refractivity contribution < 1.29 is 14.1 Å². The van der Waals surface area contributed by atoms with Gasteiger partial charge in [-0.05, 0) is 44.0 Å². The second-order valence-corrected chi connectivity index (χ2v) is 6.10. The number of nitrogens with one attached hydrogen (secondary N) is 2. The van der Waals surface area contributed by atoms with Crippen LogP contribution in [0.15, 0.2) is 42.5 Å².